The van der Waals surface area contributed by atoms with Gasteiger partial charge in [-0.2, -0.15) is 0 Å². The maximum absolute atomic E-state index is 11.5. The van der Waals surface area contributed by atoms with Gasteiger partial charge in [-0.3, -0.25) is 4.79 Å². The number of primary amides is 1. The van der Waals surface area contributed by atoms with Crippen molar-refractivity contribution in [2.45, 2.75) is 13.8 Å². The Hall–Kier alpha value is -3.67. The van der Waals surface area contributed by atoms with E-state index < -0.39 is 5.91 Å². The molecule has 140 valence electrons. The van der Waals surface area contributed by atoms with Gasteiger partial charge in [-0.15, -0.1) is 0 Å². The van der Waals surface area contributed by atoms with E-state index in [1.807, 2.05) is 45.2 Å². The van der Waals surface area contributed by atoms with Crippen LogP contribution in [0.25, 0.3) is 22.2 Å². The normalized spacial score (nSPS) is 11.0. The molecule has 0 aliphatic rings. The lowest BCUT2D eigenvalue weighted by atomic mass is 10.0. The van der Waals surface area contributed by atoms with Crippen LogP contribution in [-0.4, -0.2) is 20.4 Å². The number of nitrogens with zero attached hydrogens (tertiary/aromatic N) is 3. The third-order valence-corrected chi connectivity index (χ3v) is 5.13. The monoisotopic (exact) mass is 371 g/mol. The molecular formula is C22H21N5O. The molecule has 2 aromatic heterocycles. The van der Waals surface area contributed by atoms with E-state index in [4.69, 9.17) is 10.7 Å². The van der Waals surface area contributed by atoms with Gasteiger partial charge in [0.05, 0.1) is 5.69 Å². The molecule has 1 amide bonds. The number of aromatic nitrogens is 3. The molecule has 2 aromatic carbocycles. The summed E-state index contributed by atoms with van der Waals surface area (Å²) in [6.07, 6.45) is 3.82. The maximum atomic E-state index is 11.5. The Morgan fingerprint density at radius 3 is 2.64 bits per heavy atom. The second kappa shape index (κ2) is 6.81. The topological polar surface area (TPSA) is 85.8 Å². The number of carbonyl (C=O) groups excluding carboxylic acids is 1. The Labute approximate surface area is 163 Å². The fourth-order valence-corrected chi connectivity index (χ4v) is 3.46. The van der Waals surface area contributed by atoms with Gasteiger partial charge in [0.2, 0.25) is 11.9 Å². The largest absolute Gasteiger partial charge is 0.366 e. The summed E-state index contributed by atoms with van der Waals surface area (Å²) in [5.74, 6) is 0.0705. The number of amides is 1. The van der Waals surface area contributed by atoms with Crippen molar-refractivity contribution in [3.8, 4) is 11.3 Å². The highest BCUT2D eigenvalue weighted by molar-refractivity contribution is 5.96. The first-order valence-corrected chi connectivity index (χ1v) is 9.00. The van der Waals surface area contributed by atoms with Crippen LogP contribution in [0.15, 0.2) is 54.9 Å². The van der Waals surface area contributed by atoms with E-state index in [1.54, 1.807) is 12.3 Å². The van der Waals surface area contributed by atoms with Crippen molar-refractivity contribution in [2.75, 3.05) is 5.32 Å². The second-order valence-electron chi connectivity index (χ2n) is 6.84. The molecule has 2 heterocycles. The van der Waals surface area contributed by atoms with Gasteiger partial charge in [-0.25, -0.2) is 9.97 Å². The first-order chi connectivity index (χ1) is 13.5. The summed E-state index contributed by atoms with van der Waals surface area (Å²) in [7, 11) is 2.03. The lowest BCUT2D eigenvalue weighted by Gasteiger charge is -2.13. The van der Waals surface area contributed by atoms with Gasteiger partial charge in [0.1, 0.15) is 0 Å². The number of hydrogen-bond acceptors (Lipinski definition) is 4. The zero-order valence-corrected chi connectivity index (χ0v) is 16.0. The van der Waals surface area contributed by atoms with Crippen molar-refractivity contribution in [2.24, 2.45) is 12.8 Å². The van der Waals surface area contributed by atoms with E-state index in [0.29, 0.717) is 11.5 Å². The molecule has 0 aliphatic carbocycles. The van der Waals surface area contributed by atoms with E-state index >= 15 is 0 Å². The van der Waals surface area contributed by atoms with E-state index in [2.05, 4.69) is 33.2 Å². The fraction of sp³-hybridized carbons (Fsp3) is 0.136. The Bertz CT molecular complexity index is 1210. The van der Waals surface area contributed by atoms with E-state index in [1.165, 1.54) is 0 Å². The summed E-state index contributed by atoms with van der Waals surface area (Å²) in [5.41, 5.74) is 11.6. The van der Waals surface area contributed by atoms with Crippen LogP contribution >= 0.6 is 0 Å². The smallest absolute Gasteiger partial charge is 0.248 e. The van der Waals surface area contributed by atoms with Crippen LogP contribution in [0.4, 0.5) is 11.6 Å². The molecule has 4 aromatic rings. The average Bonchev–Trinajstić information content (AvgIpc) is 3.03. The first-order valence-electron chi connectivity index (χ1n) is 9.00. The number of nitrogens with one attached hydrogen (secondary N) is 1. The van der Waals surface area contributed by atoms with Crippen LogP contribution in [0.5, 0.6) is 0 Å². The molecule has 28 heavy (non-hydrogen) atoms. The third kappa shape index (κ3) is 2.99. The molecule has 4 rings (SSSR count). The molecule has 0 unspecified atom stereocenters. The number of benzene rings is 2. The molecule has 0 aliphatic heterocycles. The van der Waals surface area contributed by atoms with Crippen LogP contribution in [0.3, 0.4) is 0 Å². The number of para-hydroxylation sites is 1. The minimum Gasteiger partial charge on any atom is -0.366 e. The number of rotatable bonds is 4. The van der Waals surface area contributed by atoms with Gasteiger partial charge in [0.25, 0.3) is 0 Å². The molecule has 0 fully saturated rings. The molecule has 6 nitrogen and oxygen atoms in total. The molecule has 0 atom stereocenters. The molecule has 0 radical (unpaired) electrons. The Balaban J connectivity index is 1.72. The molecule has 0 spiro atoms. The Morgan fingerprint density at radius 1 is 1.07 bits per heavy atom. The summed E-state index contributed by atoms with van der Waals surface area (Å²) in [4.78, 5) is 20.6. The van der Waals surface area contributed by atoms with Crippen molar-refractivity contribution >= 4 is 28.4 Å². The third-order valence-electron chi connectivity index (χ3n) is 5.13. The molecule has 0 bridgehead atoms. The maximum Gasteiger partial charge on any atom is 0.248 e. The number of hydrogen-bond donors (Lipinski definition) is 2. The average molecular weight is 371 g/mol. The SMILES string of the molecule is Cc1c(Nc2nccc(-c3cn(C)c4ccccc34)n2)ccc(C(N)=O)c1C. The van der Waals surface area contributed by atoms with Crippen molar-refractivity contribution in [3.63, 3.8) is 0 Å². The summed E-state index contributed by atoms with van der Waals surface area (Å²) >= 11 is 0. The van der Waals surface area contributed by atoms with Crippen LogP contribution in [0, 0.1) is 13.8 Å². The zero-order chi connectivity index (χ0) is 19.8. The number of carbonyl (C=O) groups is 1. The molecule has 0 saturated carbocycles. The summed E-state index contributed by atoms with van der Waals surface area (Å²) in [5, 5.41) is 4.41. The molecule has 3 N–H and O–H groups in total. The highest BCUT2D eigenvalue weighted by Crippen LogP contribution is 2.30. The van der Waals surface area contributed by atoms with Gasteiger partial charge in [-0.1, -0.05) is 18.2 Å². The van der Waals surface area contributed by atoms with E-state index in [-0.39, 0.29) is 0 Å². The van der Waals surface area contributed by atoms with E-state index in [0.717, 1.165) is 39.0 Å². The summed E-state index contributed by atoms with van der Waals surface area (Å²) in [6, 6.07) is 13.7. The standard InChI is InChI=1S/C22H21N5O/c1-13-14(2)18(9-8-15(13)21(23)28)25-22-24-11-10-19(26-22)17-12-27(3)20-7-5-4-6-16(17)20/h4-12H,1-3H3,(H2,23,28)(H,24,25,26). The molecular weight excluding hydrogens is 350 g/mol. The number of aryl methyl sites for hydroxylation is 1. The number of anilines is 2. The number of nitrogens with two attached hydrogens (primary N) is 1. The van der Waals surface area contributed by atoms with Crippen molar-refractivity contribution in [3.05, 3.63) is 71.5 Å². The molecule has 0 saturated heterocycles. The lowest BCUT2D eigenvalue weighted by molar-refractivity contribution is 0.0999. The molecule has 6 heteroatoms. The predicted octanol–water partition coefficient (Wildman–Crippen LogP) is 4.09. The lowest BCUT2D eigenvalue weighted by Crippen LogP contribution is -2.13. The summed E-state index contributed by atoms with van der Waals surface area (Å²) < 4.78 is 2.09. The minimum absolute atomic E-state index is 0.429. The van der Waals surface area contributed by atoms with Crippen LogP contribution in [-0.2, 0) is 7.05 Å². The van der Waals surface area contributed by atoms with Crippen molar-refractivity contribution < 1.29 is 4.79 Å². The Morgan fingerprint density at radius 2 is 1.86 bits per heavy atom. The van der Waals surface area contributed by atoms with Gasteiger partial charge in [-0.05, 0) is 49.2 Å². The zero-order valence-electron chi connectivity index (χ0n) is 16.0. The highest BCUT2D eigenvalue weighted by atomic mass is 16.1. The van der Waals surface area contributed by atoms with Gasteiger partial charge >= 0.3 is 0 Å². The fourth-order valence-electron chi connectivity index (χ4n) is 3.46. The first kappa shape index (κ1) is 17.7. The second-order valence-corrected chi connectivity index (χ2v) is 6.84. The minimum atomic E-state index is -0.429. The predicted molar refractivity (Wildman–Crippen MR) is 112 cm³/mol. The van der Waals surface area contributed by atoms with Gasteiger partial charge in [0.15, 0.2) is 0 Å². The number of fused-ring (bicyclic) bond motifs is 1. The van der Waals surface area contributed by atoms with Crippen LogP contribution in [0.1, 0.15) is 21.5 Å². The van der Waals surface area contributed by atoms with Crippen molar-refractivity contribution in [1.82, 2.24) is 14.5 Å². The van der Waals surface area contributed by atoms with Crippen LogP contribution in [0.2, 0.25) is 0 Å². The van der Waals surface area contributed by atoms with Gasteiger partial charge < -0.3 is 15.6 Å². The highest BCUT2D eigenvalue weighted by Gasteiger charge is 2.13. The quantitative estimate of drug-likeness (QED) is 0.566. The summed E-state index contributed by atoms with van der Waals surface area (Å²) in [6.45, 7) is 3.83. The van der Waals surface area contributed by atoms with Gasteiger partial charge in [0, 0.05) is 47.2 Å². The van der Waals surface area contributed by atoms with Crippen LogP contribution < -0.4 is 11.1 Å². The van der Waals surface area contributed by atoms with Crippen molar-refractivity contribution in [1.29, 1.82) is 0 Å². The Kier molecular flexibility index (Phi) is 4.31. The van der Waals surface area contributed by atoms with E-state index in [9.17, 15) is 4.79 Å².